The predicted octanol–water partition coefficient (Wildman–Crippen LogP) is 1.04. The van der Waals surface area contributed by atoms with Crippen LogP contribution in [0.25, 0.3) is 0 Å². The zero-order chi connectivity index (χ0) is 12.3. The molecule has 1 amide bonds. The van der Waals surface area contributed by atoms with Crippen LogP contribution in [0.1, 0.15) is 35.6 Å². The lowest BCUT2D eigenvalue weighted by molar-refractivity contribution is -0.0680. The molecule has 2 rings (SSSR count). The molecule has 1 aliphatic rings. The Morgan fingerprint density at radius 2 is 2.35 bits per heavy atom. The summed E-state index contributed by atoms with van der Waals surface area (Å²) in [7, 11) is 1.69. The summed E-state index contributed by atoms with van der Waals surface area (Å²) in [5.41, 5.74) is 5.25. The number of hydrogen-bond donors (Lipinski definition) is 2. The molecule has 1 aromatic rings. The summed E-state index contributed by atoms with van der Waals surface area (Å²) in [4.78, 5) is 11.8. The molecule has 0 atom stereocenters. The zero-order valence-corrected chi connectivity index (χ0v) is 9.99. The number of furan rings is 1. The molecule has 1 saturated carbocycles. The van der Waals surface area contributed by atoms with E-state index in [1.165, 1.54) is 0 Å². The van der Waals surface area contributed by atoms with Crippen molar-refractivity contribution in [3.63, 3.8) is 0 Å². The number of hydrogen-bond acceptors (Lipinski definition) is 4. The van der Waals surface area contributed by atoms with Crippen LogP contribution in [-0.2, 0) is 11.3 Å². The lowest BCUT2D eigenvalue weighted by Gasteiger charge is -2.40. The van der Waals surface area contributed by atoms with Crippen molar-refractivity contribution in [1.29, 1.82) is 0 Å². The Hall–Kier alpha value is -1.33. The Morgan fingerprint density at radius 1 is 1.59 bits per heavy atom. The van der Waals surface area contributed by atoms with Gasteiger partial charge in [-0.1, -0.05) is 0 Å². The highest BCUT2D eigenvalue weighted by molar-refractivity contribution is 5.91. The van der Waals surface area contributed by atoms with E-state index in [1.54, 1.807) is 19.2 Å². The Labute approximate surface area is 100 Å². The van der Waals surface area contributed by atoms with Gasteiger partial charge in [0.1, 0.15) is 5.76 Å². The lowest BCUT2D eigenvalue weighted by Crippen LogP contribution is -2.49. The van der Waals surface area contributed by atoms with Crippen LogP contribution >= 0.6 is 0 Å². The van der Waals surface area contributed by atoms with Crippen molar-refractivity contribution < 1.29 is 13.9 Å². The number of carbonyl (C=O) groups is 1. The van der Waals surface area contributed by atoms with Crippen molar-refractivity contribution in [3.05, 3.63) is 23.7 Å². The molecule has 0 aliphatic heterocycles. The van der Waals surface area contributed by atoms with Gasteiger partial charge in [0.25, 0.3) is 5.91 Å². The number of nitrogens with two attached hydrogens (primary N) is 1. The van der Waals surface area contributed by atoms with E-state index in [2.05, 4.69) is 5.32 Å². The van der Waals surface area contributed by atoms with Crippen LogP contribution in [0, 0.1) is 0 Å². The summed E-state index contributed by atoms with van der Waals surface area (Å²) < 4.78 is 10.7. The average molecular weight is 238 g/mol. The van der Waals surface area contributed by atoms with E-state index in [-0.39, 0.29) is 11.5 Å². The second-order valence-electron chi connectivity index (χ2n) is 4.39. The second kappa shape index (κ2) is 4.89. The number of rotatable bonds is 5. The number of ether oxygens (including phenoxy) is 1. The van der Waals surface area contributed by atoms with E-state index in [1.807, 2.05) is 0 Å². The Kier molecular flexibility index (Phi) is 3.49. The highest BCUT2D eigenvalue weighted by Crippen LogP contribution is 2.34. The fourth-order valence-electron chi connectivity index (χ4n) is 1.96. The third kappa shape index (κ3) is 2.50. The van der Waals surface area contributed by atoms with Crippen molar-refractivity contribution in [2.45, 2.75) is 31.4 Å². The second-order valence-corrected chi connectivity index (χ2v) is 4.39. The van der Waals surface area contributed by atoms with Gasteiger partial charge in [-0.3, -0.25) is 4.79 Å². The largest absolute Gasteiger partial charge is 0.455 e. The number of methoxy groups -OCH3 is 1. The maximum Gasteiger partial charge on any atom is 0.287 e. The van der Waals surface area contributed by atoms with Crippen LogP contribution in [0.2, 0.25) is 0 Å². The van der Waals surface area contributed by atoms with Gasteiger partial charge in [-0.15, -0.1) is 0 Å². The SMILES string of the molecule is COC1(CNC(=O)c2ccc(CN)o2)CCC1. The van der Waals surface area contributed by atoms with Crippen molar-refractivity contribution in [2.24, 2.45) is 5.73 Å². The van der Waals surface area contributed by atoms with E-state index in [4.69, 9.17) is 14.9 Å². The fraction of sp³-hybridized carbons (Fsp3) is 0.583. The molecule has 94 valence electrons. The van der Waals surface area contributed by atoms with Gasteiger partial charge in [-0.25, -0.2) is 0 Å². The highest BCUT2D eigenvalue weighted by atomic mass is 16.5. The molecule has 1 heterocycles. The molecule has 0 saturated heterocycles. The van der Waals surface area contributed by atoms with Gasteiger partial charge >= 0.3 is 0 Å². The molecular weight excluding hydrogens is 220 g/mol. The summed E-state index contributed by atoms with van der Waals surface area (Å²) in [6.45, 7) is 0.830. The van der Waals surface area contributed by atoms with Gasteiger partial charge in [0.2, 0.25) is 0 Å². The van der Waals surface area contributed by atoms with Crippen LogP contribution in [0.3, 0.4) is 0 Å². The predicted molar refractivity (Wildman–Crippen MR) is 62.5 cm³/mol. The summed E-state index contributed by atoms with van der Waals surface area (Å²) in [5.74, 6) is 0.698. The first-order chi connectivity index (χ1) is 8.19. The minimum atomic E-state index is -0.215. The standard InChI is InChI=1S/C12H18N2O3/c1-16-12(5-2-6-12)8-14-11(15)10-4-3-9(7-13)17-10/h3-4H,2,5-8,13H2,1H3,(H,14,15). The molecule has 0 aromatic carbocycles. The first-order valence-electron chi connectivity index (χ1n) is 5.81. The third-order valence-electron chi connectivity index (χ3n) is 3.36. The van der Waals surface area contributed by atoms with E-state index in [9.17, 15) is 4.79 Å². The summed E-state index contributed by atoms with van der Waals surface area (Å²) in [6.07, 6.45) is 3.15. The molecule has 5 heteroatoms. The van der Waals surface area contributed by atoms with Crippen LogP contribution in [0.5, 0.6) is 0 Å². The van der Waals surface area contributed by atoms with Gasteiger partial charge < -0.3 is 20.2 Å². The molecule has 0 unspecified atom stereocenters. The highest BCUT2D eigenvalue weighted by Gasteiger charge is 2.37. The lowest BCUT2D eigenvalue weighted by atomic mass is 9.80. The molecule has 0 bridgehead atoms. The Morgan fingerprint density at radius 3 is 2.82 bits per heavy atom. The quantitative estimate of drug-likeness (QED) is 0.803. The molecule has 0 spiro atoms. The summed E-state index contributed by atoms with van der Waals surface area (Å²) in [6, 6.07) is 3.35. The normalized spacial score (nSPS) is 17.5. The maximum absolute atomic E-state index is 11.8. The van der Waals surface area contributed by atoms with Gasteiger partial charge in [-0.2, -0.15) is 0 Å². The van der Waals surface area contributed by atoms with Gasteiger partial charge in [-0.05, 0) is 31.4 Å². The maximum atomic E-state index is 11.8. The van der Waals surface area contributed by atoms with Crippen LogP contribution in [0.4, 0.5) is 0 Å². The van der Waals surface area contributed by atoms with Crippen LogP contribution in [-0.4, -0.2) is 25.2 Å². The van der Waals surface area contributed by atoms with Crippen molar-refractivity contribution in [2.75, 3.05) is 13.7 Å². The number of amides is 1. The van der Waals surface area contributed by atoms with Crippen molar-refractivity contribution in [1.82, 2.24) is 5.32 Å². The molecule has 3 N–H and O–H groups in total. The van der Waals surface area contributed by atoms with E-state index in [0.29, 0.717) is 24.6 Å². The Balaban J connectivity index is 1.88. The Bertz CT molecular complexity index is 391. The molecule has 1 aliphatic carbocycles. The number of nitrogens with one attached hydrogen (secondary N) is 1. The number of carbonyl (C=O) groups excluding carboxylic acids is 1. The molecular formula is C12H18N2O3. The zero-order valence-electron chi connectivity index (χ0n) is 9.99. The van der Waals surface area contributed by atoms with Crippen molar-refractivity contribution in [3.8, 4) is 0 Å². The minimum Gasteiger partial charge on any atom is -0.455 e. The molecule has 1 fully saturated rings. The van der Waals surface area contributed by atoms with Gasteiger partial charge in [0.05, 0.1) is 12.1 Å². The van der Waals surface area contributed by atoms with Gasteiger partial charge in [0, 0.05) is 13.7 Å². The summed E-state index contributed by atoms with van der Waals surface area (Å²) in [5, 5.41) is 2.83. The van der Waals surface area contributed by atoms with E-state index >= 15 is 0 Å². The smallest absolute Gasteiger partial charge is 0.287 e. The topological polar surface area (TPSA) is 77.5 Å². The first-order valence-corrected chi connectivity index (χ1v) is 5.81. The van der Waals surface area contributed by atoms with Gasteiger partial charge in [0.15, 0.2) is 5.76 Å². The van der Waals surface area contributed by atoms with E-state index in [0.717, 1.165) is 19.3 Å². The van der Waals surface area contributed by atoms with Crippen LogP contribution in [0.15, 0.2) is 16.5 Å². The third-order valence-corrected chi connectivity index (χ3v) is 3.36. The van der Waals surface area contributed by atoms with Crippen molar-refractivity contribution >= 4 is 5.91 Å². The minimum absolute atomic E-state index is 0.168. The molecule has 5 nitrogen and oxygen atoms in total. The van der Waals surface area contributed by atoms with E-state index < -0.39 is 0 Å². The average Bonchev–Trinajstić information content (AvgIpc) is 2.76. The monoisotopic (exact) mass is 238 g/mol. The fourth-order valence-corrected chi connectivity index (χ4v) is 1.96. The van der Waals surface area contributed by atoms with Crippen LogP contribution < -0.4 is 11.1 Å². The first kappa shape index (κ1) is 12.1. The summed E-state index contributed by atoms with van der Waals surface area (Å²) >= 11 is 0. The molecule has 1 aromatic heterocycles. The molecule has 17 heavy (non-hydrogen) atoms. The molecule has 0 radical (unpaired) electrons.